The Hall–Kier alpha value is -0.620. The normalized spacial score (nSPS) is 12.1. The maximum Gasteiger partial charge on any atom is 0.323 e. The number of esters is 1. The predicted molar refractivity (Wildman–Crippen MR) is 61.2 cm³/mol. The van der Waals surface area contributed by atoms with Crippen molar-refractivity contribution >= 4 is 28.6 Å². The molecule has 1 aromatic carbocycles. The zero-order valence-corrected chi connectivity index (χ0v) is 9.68. The molecule has 0 heterocycles. The van der Waals surface area contributed by atoms with Crippen LogP contribution in [-0.2, 0) is 9.53 Å². The van der Waals surface area contributed by atoms with E-state index in [2.05, 4.69) is 0 Å². The molecular formula is C10H11IO3. The van der Waals surface area contributed by atoms with Crippen molar-refractivity contribution < 1.29 is 14.6 Å². The highest BCUT2D eigenvalue weighted by Gasteiger charge is 2.17. The molecular weight excluding hydrogens is 295 g/mol. The number of carbonyl (C=O) groups excluding carboxylic acids is 1. The molecule has 4 heteroatoms. The van der Waals surface area contributed by atoms with Crippen LogP contribution in [0.4, 0.5) is 0 Å². The number of benzene rings is 1. The van der Waals surface area contributed by atoms with Crippen molar-refractivity contribution in [3.05, 3.63) is 35.9 Å². The van der Waals surface area contributed by atoms with E-state index in [0.29, 0.717) is 0 Å². The molecule has 0 amide bonds. The number of aliphatic hydroxyl groups excluding tert-OH is 1. The second-order valence-electron chi connectivity index (χ2n) is 2.66. The fraction of sp³-hybridized carbons (Fsp3) is 0.300. The molecule has 0 aliphatic carbocycles. The molecule has 1 atom stereocenters. The minimum Gasteiger partial charge on any atom is -0.462 e. The van der Waals surface area contributed by atoms with Crippen molar-refractivity contribution in [3.8, 4) is 0 Å². The molecule has 0 aromatic heterocycles. The van der Waals surface area contributed by atoms with Gasteiger partial charge in [0.2, 0.25) is 0 Å². The molecule has 14 heavy (non-hydrogen) atoms. The van der Waals surface area contributed by atoms with Crippen LogP contribution in [0.5, 0.6) is 0 Å². The Morgan fingerprint density at radius 3 is 2.64 bits per heavy atom. The van der Waals surface area contributed by atoms with Crippen molar-refractivity contribution in [3.63, 3.8) is 0 Å². The number of hydrogen-bond donors (Lipinski definition) is 1. The van der Waals surface area contributed by atoms with Crippen molar-refractivity contribution in [1.82, 2.24) is 0 Å². The summed E-state index contributed by atoms with van der Waals surface area (Å²) in [7, 11) is 0. The molecule has 0 saturated carbocycles. The van der Waals surface area contributed by atoms with Gasteiger partial charge in [-0.3, -0.25) is 4.79 Å². The summed E-state index contributed by atoms with van der Waals surface area (Å²) in [5.74, 6) is -0.314. The Morgan fingerprint density at radius 2 is 2.07 bits per heavy atom. The van der Waals surface area contributed by atoms with Crippen LogP contribution in [0.15, 0.2) is 30.3 Å². The number of ether oxygens (including phenoxy) is 1. The zero-order valence-electron chi connectivity index (χ0n) is 7.52. The maximum absolute atomic E-state index is 11.4. The largest absolute Gasteiger partial charge is 0.462 e. The topological polar surface area (TPSA) is 46.5 Å². The van der Waals surface area contributed by atoms with E-state index < -0.39 is 0 Å². The molecule has 3 nitrogen and oxygen atoms in total. The fourth-order valence-corrected chi connectivity index (χ4v) is 1.57. The smallest absolute Gasteiger partial charge is 0.323 e. The first kappa shape index (κ1) is 11.5. The number of carbonyl (C=O) groups is 1. The Bertz CT molecular complexity index is 287. The van der Waals surface area contributed by atoms with Crippen LogP contribution in [0.3, 0.4) is 0 Å². The van der Waals surface area contributed by atoms with E-state index >= 15 is 0 Å². The van der Waals surface area contributed by atoms with E-state index in [1.165, 1.54) is 0 Å². The second kappa shape index (κ2) is 5.98. The fourth-order valence-electron chi connectivity index (χ4n) is 0.977. The average molecular weight is 306 g/mol. The molecule has 0 radical (unpaired) electrons. The molecule has 76 valence electrons. The molecule has 0 saturated heterocycles. The monoisotopic (exact) mass is 306 g/mol. The third kappa shape index (κ3) is 3.26. The summed E-state index contributed by atoms with van der Waals surface area (Å²) in [5.41, 5.74) is 0.913. The number of alkyl halides is 1. The van der Waals surface area contributed by atoms with E-state index in [1.54, 1.807) is 0 Å². The molecule has 1 aromatic rings. The first-order chi connectivity index (χ1) is 6.75. The van der Waals surface area contributed by atoms with Crippen LogP contribution < -0.4 is 0 Å². The van der Waals surface area contributed by atoms with E-state index in [9.17, 15) is 4.79 Å². The average Bonchev–Trinajstić information content (AvgIpc) is 2.26. The van der Waals surface area contributed by atoms with Gasteiger partial charge in [-0.25, -0.2) is 0 Å². The van der Waals surface area contributed by atoms with E-state index in [4.69, 9.17) is 9.84 Å². The first-order valence-electron chi connectivity index (χ1n) is 4.22. The van der Waals surface area contributed by atoms with Crippen LogP contribution in [-0.4, -0.2) is 24.3 Å². The van der Waals surface area contributed by atoms with Gasteiger partial charge in [0, 0.05) is 0 Å². The lowest BCUT2D eigenvalue weighted by Gasteiger charge is -2.09. The summed E-state index contributed by atoms with van der Waals surface area (Å²) in [6.07, 6.45) is 0. The zero-order chi connectivity index (χ0) is 10.4. The quantitative estimate of drug-likeness (QED) is 0.523. The summed E-state index contributed by atoms with van der Waals surface area (Å²) in [6.45, 7) is -0.0743. The standard InChI is InChI=1S/C10H11IO3/c11-9(10(13)14-7-6-12)8-4-2-1-3-5-8/h1-5,9,12H,6-7H2. The minimum absolute atomic E-state index is 0.0607. The molecule has 0 bridgehead atoms. The highest BCUT2D eigenvalue weighted by Crippen LogP contribution is 2.24. The van der Waals surface area contributed by atoms with Gasteiger partial charge in [0.1, 0.15) is 10.5 Å². The second-order valence-corrected chi connectivity index (χ2v) is 3.91. The summed E-state index contributed by atoms with van der Waals surface area (Å²) >= 11 is 2.02. The molecule has 0 aliphatic heterocycles. The third-order valence-corrected chi connectivity index (χ3v) is 2.86. The molecule has 1 N–H and O–H groups in total. The Balaban J connectivity index is 2.57. The van der Waals surface area contributed by atoms with Gasteiger partial charge >= 0.3 is 5.97 Å². The molecule has 0 fully saturated rings. The lowest BCUT2D eigenvalue weighted by atomic mass is 10.2. The predicted octanol–water partition coefficient (Wildman–Crippen LogP) is 1.70. The van der Waals surface area contributed by atoms with Gasteiger partial charge in [-0.15, -0.1) is 0 Å². The van der Waals surface area contributed by atoms with Gasteiger partial charge in [-0.2, -0.15) is 0 Å². The van der Waals surface area contributed by atoms with Crippen LogP contribution in [0.1, 0.15) is 9.49 Å². The summed E-state index contributed by atoms with van der Waals surface area (Å²) in [4.78, 5) is 11.4. The van der Waals surface area contributed by atoms with E-state index in [1.807, 2.05) is 52.9 Å². The molecule has 0 spiro atoms. The Morgan fingerprint density at radius 1 is 1.43 bits per heavy atom. The maximum atomic E-state index is 11.4. The SMILES string of the molecule is O=C(OCCO)C(I)c1ccccc1. The van der Waals surface area contributed by atoms with Crippen LogP contribution in [0.25, 0.3) is 0 Å². The van der Waals surface area contributed by atoms with Gasteiger partial charge in [-0.1, -0.05) is 52.9 Å². The van der Waals surface area contributed by atoms with Crippen molar-refractivity contribution in [2.45, 2.75) is 3.92 Å². The lowest BCUT2D eigenvalue weighted by Crippen LogP contribution is -2.13. The van der Waals surface area contributed by atoms with E-state index in [0.717, 1.165) is 5.56 Å². The first-order valence-corrected chi connectivity index (χ1v) is 5.47. The van der Waals surface area contributed by atoms with Crippen molar-refractivity contribution in [2.75, 3.05) is 13.2 Å². The van der Waals surface area contributed by atoms with Gasteiger partial charge in [-0.05, 0) is 5.56 Å². The van der Waals surface area contributed by atoms with Crippen LogP contribution in [0.2, 0.25) is 0 Å². The third-order valence-electron chi connectivity index (χ3n) is 1.63. The highest BCUT2D eigenvalue weighted by atomic mass is 127. The van der Waals surface area contributed by atoms with Crippen LogP contribution in [0, 0.1) is 0 Å². The molecule has 0 aliphatic rings. The van der Waals surface area contributed by atoms with Gasteiger partial charge in [0.25, 0.3) is 0 Å². The highest BCUT2D eigenvalue weighted by molar-refractivity contribution is 14.1. The van der Waals surface area contributed by atoms with Crippen molar-refractivity contribution in [1.29, 1.82) is 0 Å². The molecule has 1 rings (SSSR count). The summed E-state index contributed by atoms with van der Waals surface area (Å²) in [5, 5.41) is 8.49. The summed E-state index contributed by atoms with van der Waals surface area (Å²) < 4.78 is 4.51. The Labute approximate surface area is 96.2 Å². The summed E-state index contributed by atoms with van der Waals surface area (Å²) in [6, 6.07) is 9.39. The number of hydrogen-bond acceptors (Lipinski definition) is 3. The number of aliphatic hydroxyl groups is 1. The van der Waals surface area contributed by atoms with Gasteiger partial charge in [0.05, 0.1) is 6.61 Å². The Kier molecular flexibility index (Phi) is 4.89. The lowest BCUT2D eigenvalue weighted by molar-refractivity contribution is -0.143. The minimum atomic E-state index is -0.314. The van der Waals surface area contributed by atoms with Gasteiger partial charge in [0.15, 0.2) is 0 Å². The molecule has 1 unspecified atom stereocenters. The number of rotatable bonds is 4. The van der Waals surface area contributed by atoms with E-state index in [-0.39, 0.29) is 23.1 Å². The van der Waals surface area contributed by atoms with Gasteiger partial charge < -0.3 is 9.84 Å². The number of halogens is 1. The van der Waals surface area contributed by atoms with Crippen LogP contribution >= 0.6 is 22.6 Å². The van der Waals surface area contributed by atoms with Crippen molar-refractivity contribution in [2.24, 2.45) is 0 Å².